The molecular formula is C18H19N3O4S. The number of benzene rings is 1. The highest BCUT2D eigenvalue weighted by atomic mass is 32.1. The number of nitrogens with one attached hydrogen (secondary N) is 1. The quantitative estimate of drug-likeness (QED) is 0.730. The lowest BCUT2D eigenvalue weighted by Gasteiger charge is -2.27. The second kappa shape index (κ2) is 6.08. The summed E-state index contributed by atoms with van der Waals surface area (Å²) in [5.41, 5.74) is 2.25. The summed E-state index contributed by atoms with van der Waals surface area (Å²) in [6.45, 7) is 3.99. The van der Waals surface area contributed by atoms with Crippen molar-refractivity contribution in [2.75, 3.05) is 11.9 Å². The third-order valence-electron chi connectivity index (χ3n) is 4.66. The summed E-state index contributed by atoms with van der Waals surface area (Å²) < 4.78 is 12.6. The van der Waals surface area contributed by atoms with Gasteiger partial charge in [0.1, 0.15) is 0 Å². The molecule has 1 aliphatic heterocycles. The lowest BCUT2D eigenvalue weighted by atomic mass is 10.0. The molecule has 1 fully saturated rings. The van der Waals surface area contributed by atoms with Gasteiger partial charge in [0.25, 0.3) is 0 Å². The van der Waals surface area contributed by atoms with Crippen LogP contribution >= 0.6 is 11.3 Å². The first kappa shape index (κ1) is 17.0. The minimum atomic E-state index is -1.08. The van der Waals surface area contributed by atoms with E-state index in [4.69, 9.17) is 14.6 Å². The van der Waals surface area contributed by atoms with Crippen LogP contribution in [0.1, 0.15) is 24.3 Å². The van der Waals surface area contributed by atoms with Crippen LogP contribution < -0.4 is 4.90 Å². The lowest BCUT2D eigenvalue weighted by Crippen LogP contribution is -2.28. The highest BCUT2D eigenvalue weighted by Gasteiger charge is 2.48. The predicted octanol–water partition coefficient (Wildman–Crippen LogP) is 3.76. The Hall–Kier alpha value is -2.42. The fourth-order valence-electron chi connectivity index (χ4n) is 3.05. The summed E-state index contributed by atoms with van der Waals surface area (Å²) >= 11 is 1.58. The maximum absolute atomic E-state index is 11.2. The largest absolute Gasteiger partial charge is 0.465 e. The topological polar surface area (TPSA) is 87.7 Å². The normalized spacial score (nSPS) is 25.7. The van der Waals surface area contributed by atoms with Gasteiger partial charge in [-0.25, -0.2) is 9.78 Å². The Labute approximate surface area is 154 Å². The fraction of sp³-hybridized carbons (Fsp3) is 0.333. The minimum Gasteiger partial charge on any atom is -0.465 e. The van der Waals surface area contributed by atoms with Crippen LogP contribution in [0.4, 0.5) is 10.7 Å². The summed E-state index contributed by atoms with van der Waals surface area (Å²) in [5.74, 6) is -0.699. The molecule has 2 atom stereocenters. The Morgan fingerprint density at radius 1 is 1.31 bits per heavy atom. The third kappa shape index (κ3) is 2.57. The minimum absolute atomic E-state index is 0.0525. The zero-order valence-electron chi connectivity index (χ0n) is 14.6. The number of aromatic amines is 1. The van der Waals surface area contributed by atoms with E-state index < -0.39 is 11.9 Å². The molecule has 7 nitrogen and oxygen atoms in total. The molecule has 2 unspecified atom stereocenters. The number of hydrogen-bond acceptors (Lipinski definition) is 5. The molecule has 3 aromatic rings. The number of thiophene rings is 1. The van der Waals surface area contributed by atoms with Crippen LogP contribution in [-0.4, -0.2) is 40.4 Å². The van der Waals surface area contributed by atoms with E-state index in [9.17, 15) is 4.79 Å². The van der Waals surface area contributed by atoms with Gasteiger partial charge in [0.15, 0.2) is 0 Å². The van der Waals surface area contributed by atoms with Crippen molar-refractivity contribution in [2.45, 2.75) is 31.8 Å². The Bertz CT molecular complexity index is 943. The second-order valence-corrected chi connectivity index (χ2v) is 7.32. The molecule has 0 spiro atoms. The molecule has 1 amide bonds. The number of carbonyl (C=O) groups is 1. The Balaban J connectivity index is 1.82. The maximum Gasteiger partial charge on any atom is 0.413 e. The van der Waals surface area contributed by atoms with E-state index in [1.807, 2.05) is 49.6 Å². The number of rotatable bonds is 3. The molecule has 4 rings (SSSR count). The number of aromatic nitrogens is 2. The van der Waals surface area contributed by atoms with Crippen LogP contribution in [0.15, 0.2) is 35.7 Å². The van der Waals surface area contributed by atoms with E-state index in [1.165, 1.54) is 7.05 Å². The molecular weight excluding hydrogens is 354 g/mol. The molecule has 136 valence electrons. The average molecular weight is 373 g/mol. The van der Waals surface area contributed by atoms with Crippen LogP contribution in [0.2, 0.25) is 0 Å². The molecule has 8 heteroatoms. The van der Waals surface area contributed by atoms with Crippen molar-refractivity contribution in [3.05, 3.63) is 46.2 Å². The van der Waals surface area contributed by atoms with Crippen molar-refractivity contribution in [1.82, 2.24) is 9.97 Å². The zero-order chi connectivity index (χ0) is 18.5. The summed E-state index contributed by atoms with van der Waals surface area (Å²) in [4.78, 5) is 20.5. The number of nitrogens with zero attached hydrogens (tertiary/aromatic N) is 2. The van der Waals surface area contributed by atoms with Crippen molar-refractivity contribution in [3.63, 3.8) is 0 Å². The Morgan fingerprint density at radius 2 is 2.04 bits per heavy atom. The van der Waals surface area contributed by atoms with Crippen molar-refractivity contribution in [2.24, 2.45) is 0 Å². The van der Waals surface area contributed by atoms with E-state index in [-0.39, 0.29) is 18.2 Å². The summed E-state index contributed by atoms with van der Waals surface area (Å²) in [6.07, 6.45) is -1.18. The molecule has 0 saturated carbocycles. The van der Waals surface area contributed by atoms with E-state index >= 15 is 0 Å². The molecule has 26 heavy (non-hydrogen) atoms. The summed E-state index contributed by atoms with van der Waals surface area (Å²) in [6, 6.07) is 9.63. The van der Waals surface area contributed by atoms with Gasteiger partial charge in [-0.3, -0.25) is 4.90 Å². The van der Waals surface area contributed by atoms with E-state index in [2.05, 4.69) is 9.97 Å². The van der Waals surface area contributed by atoms with Gasteiger partial charge in [0.2, 0.25) is 11.7 Å². The van der Waals surface area contributed by atoms with Crippen LogP contribution in [0.3, 0.4) is 0 Å². The highest BCUT2D eigenvalue weighted by molar-refractivity contribution is 7.10. The van der Waals surface area contributed by atoms with Gasteiger partial charge in [-0.2, -0.15) is 0 Å². The van der Waals surface area contributed by atoms with Gasteiger partial charge in [0, 0.05) is 12.6 Å². The number of amides is 1. The first-order valence-corrected chi connectivity index (χ1v) is 9.15. The summed E-state index contributed by atoms with van der Waals surface area (Å²) in [5, 5.41) is 11.1. The number of hydrogen-bond donors (Lipinski definition) is 2. The van der Waals surface area contributed by atoms with Gasteiger partial charge in [-0.15, -0.1) is 11.3 Å². The number of ether oxygens (including phenoxy) is 2. The first-order chi connectivity index (χ1) is 12.4. The standard InChI is InChI=1S/C18H19N3O4S/c1-10-11(2)25-18(24-10,15-5-4-8-26-15)12-6-7-13-14(9-12)20-16(19-13)21(3)17(22)23/h4-11H,1-3H3,(H,19,20)(H,22,23). The number of anilines is 1. The van der Waals surface area contributed by atoms with Crippen molar-refractivity contribution < 1.29 is 19.4 Å². The molecule has 0 bridgehead atoms. The number of fused-ring (bicyclic) bond motifs is 1. The molecule has 3 heterocycles. The molecule has 1 aliphatic rings. The van der Waals surface area contributed by atoms with Gasteiger partial charge in [-0.1, -0.05) is 12.1 Å². The van der Waals surface area contributed by atoms with Gasteiger partial charge >= 0.3 is 6.09 Å². The van der Waals surface area contributed by atoms with Crippen molar-refractivity contribution in [1.29, 1.82) is 0 Å². The van der Waals surface area contributed by atoms with Gasteiger partial charge < -0.3 is 19.6 Å². The third-order valence-corrected chi connectivity index (χ3v) is 5.62. The van der Waals surface area contributed by atoms with Crippen molar-refractivity contribution >= 4 is 34.4 Å². The molecule has 2 N–H and O–H groups in total. The fourth-order valence-corrected chi connectivity index (χ4v) is 3.88. The van der Waals surface area contributed by atoms with Crippen LogP contribution in [-0.2, 0) is 15.3 Å². The zero-order valence-corrected chi connectivity index (χ0v) is 15.4. The van der Waals surface area contributed by atoms with Crippen LogP contribution in [0.5, 0.6) is 0 Å². The van der Waals surface area contributed by atoms with E-state index in [1.54, 1.807) is 11.3 Å². The average Bonchev–Trinajstić information content (AvgIpc) is 3.33. The Morgan fingerprint density at radius 3 is 2.65 bits per heavy atom. The van der Waals surface area contributed by atoms with E-state index in [0.717, 1.165) is 20.9 Å². The Kier molecular flexibility index (Phi) is 3.98. The lowest BCUT2D eigenvalue weighted by molar-refractivity contribution is -0.145. The smallest absolute Gasteiger partial charge is 0.413 e. The second-order valence-electron chi connectivity index (χ2n) is 6.37. The molecule has 1 saturated heterocycles. The molecule has 1 aromatic carbocycles. The number of carboxylic acid groups (broad SMARTS) is 1. The maximum atomic E-state index is 11.2. The molecule has 2 aromatic heterocycles. The summed E-state index contributed by atoms with van der Waals surface area (Å²) in [7, 11) is 1.45. The number of H-pyrrole nitrogens is 1. The van der Waals surface area contributed by atoms with Crippen LogP contribution in [0, 0.1) is 0 Å². The predicted molar refractivity (Wildman–Crippen MR) is 98.7 cm³/mol. The van der Waals surface area contributed by atoms with Crippen molar-refractivity contribution in [3.8, 4) is 0 Å². The SMILES string of the molecule is CC1OC(c2ccc3nc(N(C)C(=O)O)[nH]c3c2)(c2cccs2)OC1C. The molecule has 0 radical (unpaired) electrons. The molecule has 0 aliphatic carbocycles. The van der Waals surface area contributed by atoms with Gasteiger partial charge in [0.05, 0.1) is 28.1 Å². The number of imidazole rings is 1. The van der Waals surface area contributed by atoms with Crippen LogP contribution in [0.25, 0.3) is 11.0 Å². The highest BCUT2D eigenvalue weighted by Crippen LogP contribution is 2.45. The van der Waals surface area contributed by atoms with Gasteiger partial charge in [-0.05, 0) is 37.4 Å². The van der Waals surface area contributed by atoms with E-state index in [0.29, 0.717) is 5.52 Å². The monoisotopic (exact) mass is 373 g/mol. The first-order valence-electron chi connectivity index (χ1n) is 8.27.